The molecule has 2 aromatic heterocycles. The quantitative estimate of drug-likeness (QED) is 0.147. The van der Waals surface area contributed by atoms with Crippen LogP contribution >= 0.6 is 0 Å². The molecule has 9 rings (SSSR count). The van der Waals surface area contributed by atoms with Gasteiger partial charge in [-0.1, -0.05) is 123 Å². The molecule has 7 aromatic carbocycles. The highest BCUT2D eigenvalue weighted by Crippen LogP contribution is 2.42. The first-order valence-corrected chi connectivity index (χ1v) is 19.9. The molecule has 4 nitrogen and oxygen atoms in total. The molecule has 0 radical (unpaired) electrons. The summed E-state index contributed by atoms with van der Waals surface area (Å²) < 4.78 is 42.3. The second-order valence-corrected chi connectivity index (χ2v) is 15.4. The molecular weight excluding hydrogens is 719 g/mol. The van der Waals surface area contributed by atoms with Crippen molar-refractivity contribution in [2.75, 3.05) is 7.11 Å². The Labute approximate surface area is 353 Å². The molecule has 2 heterocycles. The van der Waals surface area contributed by atoms with Crippen LogP contribution in [-0.4, -0.2) is 21.6 Å². The highest BCUT2D eigenvalue weighted by molar-refractivity contribution is 5.98. The fraction of sp³-hybridized carbons (Fsp3) is 0.127. The monoisotopic (exact) mass is 769 g/mol. The summed E-state index contributed by atoms with van der Waals surface area (Å²) in [5.74, 6) is 0.649. The van der Waals surface area contributed by atoms with E-state index in [1.165, 1.54) is 0 Å². The lowest BCUT2D eigenvalue weighted by Gasteiger charge is -2.16. The van der Waals surface area contributed by atoms with Crippen LogP contribution in [0.5, 0.6) is 5.75 Å². The number of methoxy groups -OCH3 is 1. The number of aromatic nitrogens is 3. The van der Waals surface area contributed by atoms with Gasteiger partial charge in [0.2, 0.25) is 0 Å². The predicted molar refractivity (Wildman–Crippen MR) is 246 cm³/mol. The number of fused-ring (bicyclic) bond motifs is 1. The maximum absolute atomic E-state index is 8.55. The molecule has 0 fully saturated rings. The molecule has 9 aromatic rings. The number of para-hydroxylation sites is 1. The van der Waals surface area contributed by atoms with Crippen molar-refractivity contribution in [3.63, 3.8) is 0 Å². The van der Waals surface area contributed by atoms with Crippen LogP contribution in [0.1, 0.15) is 47.5 Å². The first kappa shape index (κ1) is 33.0. The highest BCUT2D eigenvalue weighted by Gasteiger charge is 2.23. The van der Waals surface area contributed by atoms with Gasteiger partial charge in [0.15, 0.2) is 0 Å². The standard InChI is InChI=1S/C55H47N3O/c1-35(2)39-20-22-42(23-21-39)43-24-25-56-51(34-43)47-31-45(41-16-11-8-12-17-41)30-46(32-47)49-18-13-19-52-53(49)57-55(50-29-36(3)26-38(5)54(50)59-6)58(52)48-28-37(4)27-44(33-48)40-14-9-7-10-15-40/h7-35H,1-6H3/i4D3,35D. The summed E-state index contributed by atoms with van der Waals surface area (Å²) >= 11 is 0. The van der Waals surface area contributed by atoms with Crippen molar-refractivity contribution in [1.29, 1.82) is 0 Å². The fourth-order valence-corrected chi connectivity index (χ4v) is 8.20. The minimum absolute atomic E-state index is 0.237. The van der Waals surface area contributed by atoms with Crippen molar-refractivity contribution in [3.8, 4) is 78.6 Å². The van der Waals surface area contributed by atoms with E-state index in [-0.39, 0.29) is 5.56 Å². The molecule has 0 amide bonds. The van der Waals surface area contributed by atoms with E-state index >= 15 is 0 Å². The molecule has 288 valence electrons. The van der Waals surface area contributed by atoms with E-state index in [1.807, 2.05) is 106 Å². The third kappa shape index (κ3) is 7.35. The molecule has 0 bridgehead atoms. The number of hydrogen-bond donors (Lipinski definition) is 0. The van der Waals surface area contributed by atoms with Gasteiger partial charge < -0.3 is 4.74 Å². The summed E-state index contributed by atoms with van der Waals surface area (Å²) in [7, 11) is 1.68. The van der Waals surface area contributed by atoms with E-state index in [0.29, 0.717) is 17.3 Å². The van der Waals surface area contributed by atoms with Crippen LogP contribution in [0.2, 0.25) is 0 Å². The smallest absolute Gasteiger partial charge is 0.149 e. The minimum Gasteiger partial charge on any atom is -0.496 e. The van der Waals surface area contributed by atoms with E-state index in [1.54, 1.807) is 19.2 Å². The molecule has 0 saturated heterocycles. The first-order valence-electron chi connectivity index (χ1n) is 21.9. The second-order valence-electron chi connectivity index (χ2n) is 15.4. The minimum atomic E-state index is -2.36. The number of rotatable bonds is 9. The second kappa shape index (κ2) is 15.7. The molecule has 0 N–H and O–H groups in total. The third-order valence-electron chi connectivity index (χ3n) is 11.0. The normalized spacial score (nSPS) is 12.8. The van der Waals surface area contributed by atoms with E-state index in [9.17, 15) is 0 Å². The summed E-state index contributed by atoms with van der Waals surface area (Å²) in [6.45, 7) is 5.53. The summed E-state index contributed by atoms with van der Waals surface area (Å²) in [6, 6.07) is 55.1. The Hall–Kier alpha value is -7.04. The number of imidazole rings is 1. The van der Waals surface area contributed by atoms with Crippen molar-refractivity contribution in [2.24, 2.45) is 0 Å². The average molecular weight is 770 g/mol. The van der Waals surface area contributed by atoms with Crippen LogP contribution in [0.4, 0.5) is 0 Å². The number of hydrogen-bond acceptors (Lipinski definition) is 3. The summed E-state index contributed by atoms with van der Waals surface area (Å²) in [4.78, 5) is 10.4. The van der Waals surface area contributed by atoms with Crippen molar-refractivity contribution >= 4 is 11.0 Å². The maximum atomic E-state index is 8.55. The van der Waals surface area contributed by atoms with Gasteiger partial charge in [0.25, 0.3) is 0 Å². The van der Waals surface area contributed by atoms with Crippen LogP contribution in [0, 0.1) is 20.7 Å². The van der Waals surface area contributed by atoms with Crippen LogP contribution in [0.3, 0.4) is 0 Å². The number of ether oxygens (including phenoxy) is 1. The zero-order valence-electron chi connectivity index (χ0n) is 37.9. The lowest BCUT2D eigenvalue weighted by atomic mass is 9.93. The summed E-state index contributed by atoms with van der Waals surface area (Å²) in [5, 5.41) is 0. The molecule has 0 aliphatic carbocycles. The van der Waals surface area contributed by atoms with Crippen molar-refractivity contribution in [2.45, 2.75) is 40.4 Å². The summed E-state index contributed by atoms with van der Waals surface area (Å²) in [6.07, 6.45) is 1.85. The molecule has 0 spiro atoms. The van der Waals surface area contributed by atoms with E-state index in [4.69, 9.17) is 20.2 Å². The number of benzene rings is 7. The Morgan fingerprint density at radius 1 is 0.576 bits per heavy atom. The van der Waals surface area contributed by atoms with Gasteiger partial charge in [-0.25, -0.2) is 4.98 Å². The van der Waals surface area contributed by atoms with Crippen LogP contribution < -0.4 is 4.74 Å². The van der Waals surface area contributed by atoms with Crippen molar-refractivity contribution in [1.82, 2.24) is 14.5 Å². The van der Waals surface area contributed by atoms with Gasteiger partial charge in [-0.3, -0.25) is 9.55 Å². The van der Waals surface area contributed by atoms with E-state index in [0.717, 1.165) is 89.1 Å². The Bertz CT molecular complexity index is 3130. The van der Waals surface area contributed by atoms with Crippen LogP contribution in [-0.2, 0) is 0 Å². The molecule has 0 aliphatic rings. The lowest BCUT2D eigenvalue weighted by Crippen LogP contribution is -2.01. The fourth-order valence-electron chi connectivity index (χ4n) is 8.20. The topological polar surface area (TPSA) is 39.9 Å². The van der Waals surface area contributed by atoms with Crippen LogP contribution in [0.15, 0.2) is 170 Å². The van der Waals surface area contributed by atoms with Gasteiger partial charge in [-0.05, 0) is 142 Å². The Balaban J connectivity index is 1.29. The van der Waals surface area contributed by atoms with Gasteiger partial charge in [-0.15, -0.1) is 0 Å². The predicted octanol–water partition coefficient (Wildman–Crippen LogP) is 14.5. The van der Waals surface area contributed by atoms with Gasteiger partial charge in [0.05, 0.1) is 29.4 Å². The molecule has 4 heteroatoms. The lowest BCUT2D eigenvalue weighted by molar-refractivity contribution is 0.413. The molecule has 0 atom stereocenters. The molecule has 59 heavy (non-hydrogen) atoms. The SMILES string of the molecule is [2H]C([2H])([2H])c1cc(-c2ccccc2)cc(-n2c(-c3cc(C)cc(C)c3OC)nc3c(-c4cc(-c5ccccc5)cc(-c5cc(-c6ccc(C([2H])(C)C)cc6)ccn5)c4)cccc32)c1. The van der Waals surface area contributed by atoms with Crippen LogP contribution in [0.25, 0.3) is 83.9 Å². The summed E-state index contributed by atoms with van der Waals surface area (Å²) in [5.41, 5.74) is 15.8. The van der Waals surface area contributed by atoms with Gasteiger partial charge in [-0.2, -0.15) is 0 Å². The van der Waals surface area contributed by atoms with Gasteiger partial charge in [0, 0.05) is 28.5 Å². The Morgan fingerprint density at radius 2 is 1.25 bits per heavy atom. The number of aryl methyl sites for hydroxylation is 3. The third-order valence-corrected chi connectivity index (χ3v) is 11.0. The maximum Gasteiger partial charge on any atom is 0.149 e. The first-order chi connectivity index (χ1) is 30.2. The molecule has 0 unspecified atom stereocenters. The Kier molecular flexibility index (Phi) is 8.79. The van der Waals surface area contributed by atoms with E-state index < -0.39 is 12.7 Å². The van der Waals surface area contributed by atoms with Crippen molar-refractivity contribution < 1.29 is 10.2 Å². The van der Waals surface area contributed by atoms with Gasteiger partial charge >= 0.3 is 0 Å². The Morgan fingerprint density at radius 3 is 1.95 bits per heavy atom. The average Bonchev–Trinajstić information content (AvgIpc) is 3.68. The zero-order valence-corrected chi connectivity index (χ0v) is 33.9. The van der Waals surface area contributed by atoms with Crippen molar-refractivity contribution in [3.05, 3.63) is 192 Å². The molecule has 0 aliphatic heterocycles. The largest absolute Gasteiger partial charge is 0.496 e. The van der Waals surface area contributed by atoms with Gasteiger partial charge in [0.1, 0.15) is 11.6 Å². The highest BCUT2D eigenvalue weighted by atomic mass is 16.5. The molecule has 0 saturated carbocycles. The number of nitrogens with zero attached hydrogens (tertiary/aromatic N) is 3. The number of pyridine rings is 1. The zero-order chi connectivity index (χ0) is 44.0. The molecular formula is C55H47N3O. The van der Waals surface area contributed by atoms with E-state index in [2.05, 4.69) is 84.3 Å².